The molecule has 0 aromatic carbocycles. The zero-order valence-corrected chi connectivity index (χ0v) is 5.56. The fourth-order valence-corrected chi connectivity index (χ4v) is 0.733. The molecule has 0 N–H and O–H groups in total. The van der Waals surface area contributed by atoms with Crippen LogP contribution in [0.25, 0.3) is 11.5 Å². The van der Waals surface area contributed by atoms with Crippen LogP contribution in [-0.2, 0) is 0 Å². The van der Waals surface area contributed by atoms with Crippen molar-refractivity contribution in [2.75, 3.05) is 0 Å². The Kier molecular flexibility index (Phi) is 1.37. The number of aromatic nitrogens is 3. The quantitative estimate of drug-likeness (QED) is 0.600. The van der Waals surface area contributed by atoms with Crippen LogP contribution in [0.3, 0.4) is 0 Å². The number of rotatable bonds is 1. The predicted molar refractivity (Wildman–Crippen MR) is 36.4 cm³/mol. The Hall–Kier alpha value is -1.71. The van der Waals surface area contributed by atoms with Gasteiger partial charge in [-0.15, -0.1) is 0 Å². The molecule has 0 fully saturated rings. The molecular weight excluding hydrogens is 142 g/mol. The van der Waals surface area contributed by atoms with Gasteiger partial charge >= 0.3 is 0 Å². The number of hydrogen-bond acceptors (Lipinski definition) is 4. The van der Waals surface area contributed by atoms with Crippen molar-refractivity contribution in [1.29, 1.82) is 0 Å². The summed E-state index contributed by atoms with van der Waals surface area (Å²) in [5.41, 5.74) is 0.668. The molecule has 0 unspecified atom stereocenters. The van der Waals surface area contributed by atoms with Crippen molar-refractivity contribution in [3.8, 4) is 11.5 Å². The molecule has 4 heteroatoms. The lowest BCUT2D eigenvalue weighted by Gasteiger charge is -1.89. The largest absolute Gasteiger partial charge is 0.442 e. The molecule has 2 rings (SSSR count). The summed E-state index contributed by atoms with van der Waals surface area (Å²) < 4.78 is 4.99. The summed E-state index contributed by atoms with van der Waals surface area (Å²) in [5, 5.41) is 0. The second-order valence-electron chi connectivity index (χ2n) is 1.90. The van der Waals surface area contributed by atoms with Gasteiger partial charge in [0.25, 0.3) is 0 Å². The molecule has 0 aliphatic rings. The summed E-state index contributed by atoms with van der Waals surface area (Å²) in [7, 11) is 0. The van der Waals surface area contributed by atoms with Crippen LogP contribution >= 0.6 is 0 Å². The van der Waals surface area contributed by atoms with E-state index in [4.69, 9.17) is 4.42 Å². The molecule has 0 saturated heterocycles. The highest BCUT2D eigenvalue weighted by molar-refractivity contribution is 5.47. The Morgan fingerprint density at radius 2 is 2.36 bits per heavy atom. The van der Waals surface area contributed by atoms with Crippen molar-refractivity contribution < 1.29 is 4.42 Å². The highest BCUT2D eigenvalue weighted by Crippen LogP contribution is 2.12. The zero-order valence-electron chi connectivity index (χ0n) is 5.56. The van der Waals surface area contributed by atoms with Crippen molar-refractivity contribution in [3.05, 3.63) is 31.2 Å². The van der Waals surface area contributed by atoms with Gasteiger partial charge in [0.15, 0.2) is 12.2 Å². The Morgan fingerprint density at radius 3 is 3.00 bits per heavy atom. The molecular formula is C7H4N3O. The normalized spacial score (nSPS) is 9.82. The third kappa shape index (κ3) is 1.10. The average molecular weight is 146 g/mol. The van der Waals surface area contributed by atoms with Gasteiger partial charge in [0.2, 0.25) is 0 Å². The van der Waals surface area contributed by atoms with E-state index in [0.717, 1.165) is 0 Å². The van der Waals surface area contributed by atoms with Gasteiger partial charge in [-0.25, -0.2) is 9.97 Å². The van der Waals surface area contributed by atoms with E-state index < -0.39 is 0 Å². The summed E-state index contributed by atoms with van der Waals surface area (Å²) in [4.78, 5) is 11.5. The van der Waals surface area contributed by atoms with Crippen LogP contribution in [0.2, 0.25) is 0 Å². The summed E-state index contributed by atoms with van der Waals surface area (Å²) in [6.45, 7) is 0. The monoisotopic (exact) mass is 146 g/mol. The lowest BCUT2D eigenvalue weighted by atomic mass is 10.4. The van der Waals surface area contributed by atoms with Crippen LogP contribution in [0, 0.1) is 6.20 Å². The highest BCUT2D eigenvalue weighted by atomic mass is 16.3. The minimum atomic E-state index is 0.617. The highest BCUT2D eigenvalue weighted by Gasteiger charge is 2.00. The molecule has 2 aromatic rings. The molecule has 0 saturated carbocycles. The van der Waals surface area contributed by atoms with Crippen LogP contribution in [0.1, 0.15) is 0 Å². The maximum absolute atomic E-state index is 4.99. The fraction of sp³-hybridized carbons (Fsp3) is 0. The zero-order chi connectivity index (χ0) is 7.52. The molecule has 1 radical (unpaired) electrons. The summed E-state index contributed by atoms with van der Waals surface area (Å²) in [6, 6.07) is 0. The van der Waals surface area contributed by atoms with Gasteiger partial charge in [-0.3, -0.25) is 4.98 Å². The second kappa shape index (κ2) is 2.49. The Bertz CT molecular complexity index is 317. The van der Waals surface area contributed by atoms with Gasteiger partial charge in [-0.2, -0.15) is 0 Å². The molecule has 0 aliphatic heterocycles. The van der Waals surface area contributed by atoms with E-state index >= 15 is 0 Å². The first kappa shape index (κ1) is 6.03. The lowest BCUT2D eigenvalue weighted by Crippen LogP contribution is -1.80. The van der Waals surface area contributed by atoms with Crippen LogP contribution in [-0.4, -0.2) is 15.0 Å². The van der Waals surface area contributed by atoms with Crippen molar-refractivity contribution in [1.82, 2.24) is 15.0 Å². The topological polar surface area (TPSA) is 51.8 Å². The van der Waals surface area contributed by atoms with Gasteiger partial charge in [-0.05, 0) is 0 Å². The molecule has 2 heterocycles. The van der Waals surface area contributed by atoms with Crippen molar-refractivity contribution >= 4 is 0 Å². The predicted octanol–water partition coefficient (Wildman–Crippen LogP) is 0.932. The van der Waals surface area contributed by atoms with Gasteiger partial charge in [0, 0.05) is 0 Å². The minimum absolute atomic E-state index is 0.617. The van der Waals surface area contributed by atoms with Crippen LogP contribution in [0.15, 0.2) is 29.4 Å². The van der Waals surface area contributed by atoms with Crippen LogP contribution < -0.4 is 0 Å². The average Bonchev–Trinajstić information content (AvgIpc) is 2.58. The molecule has 4 nitrogen and oxygen atoms in total. The number of oxazole rings is 1. The van der Waals surface area contributed by atoms with Gasteiger partial charge in [0.05, 0.1) is 18.6 Å². The van der Waals surface area contributed by atoms with E-state index in [0.29, 0.717) is 11.5 Å². The molecule has 0 amide bonds. The third-order valence-corrected chi connectivity index (χ3v) is 1.21. The Balaban J connectivity index is 2.46. The molecule has 0 aliphatic carbocycles. The van der Waals surface area contributed by atoms with Crippen LogP contribution in [0.5, 0.6) is 0 Å². The molecule has 11 heavy (non-hydrogen) atoms. The summed E-state index contributed by atoms with van der Waals surface area (Å²) >= 11 is 0. The van der Waals surface area contributed by atoms with Gasteiger partial charge in [0.1, 0.15) is 11.9 Å². The van der Waals surface area contributed by atoms with Crippen LogP contribution in [0.4, 0.5) is 0 Å². The molecule has 0 atom stereocenters. The van der Waals surface area contributed by atoms with E-state index in [2.05, 4.69) is 21.1 Å². The Morgan fingerprint density at radius 1 is 1.36 bits per heavy atom. The minimum Gasteiger partial charge on any atom is -0.442 e. The van der Waals surface area contributed by atoms with E-state index in [1.807, 2.05) is 0 Å². The number of hydrogen-bond donors (Lipinski definition) is 0. The first-order valence-corrected chi connectivity index (χ1v) is 3.04. The Labute approximate surface area is 62.9 Å². The van der Waals surface area contributed by atoms with Crippen molar-refractivity contribution in [2.24, 2.45) is 0 Å². The third-order valence-electron chi connectivity index (χ3n) is 1.21. The molecule has 2 aromatic heterocycles. The molecule has 0 spiro atoms. The summed E-state index contributed by atoms with van der Waals surface area (Å²) in [6.07, 6.45) is 8.57. The van der Waals surface area contributed by atoms with E-state index in [1.165, 1.54) is 12.6 Å². The maximum Gasteiger partial charge on any atom is 0.181 e. The first-order valence-electron chi connectivity index (χ1n) is 3.04. The van der Waals surface area contributed by atoms with Crippen molar-refractivity contribution in [2.45, 2.75) is 0 Å². The molecule has 53 valence electrons. The molecule has 0 bridgehead atoms. The van der Waals surface area contributed by atoms with Gasteiger partial charge < -0.3 is 4.42 Å². The maximum atomic E-state index is 4.99. The van der Waals surface area contributed by atoms with Crippen molar-refractivity contribution in [3.63, 3.8) is 0 Å². The standard InChI is InChI=1S/C7H4N3O/c1-2-10-6(3-8-1)7-4-9-5-11-7/h2-5H. The van der Waals surface area contributed by atoms with E-state index in [-0.39, 0.29) is 0 Å². The van der Waals surface area contributed by atoms with E-state index in [1.54, 1.807) is 12.4 Å². The second-order valence-corrected chi connectivity index (χ2v) is 1.90. The van der Waals surface area contributed by atoms with Gasteiger partial charge in [-0.1, -0.05) is 0 Å². The lowest BCUT2D eigenvalue weighted by molar-refractivity contribution is 0.569. The SMILES string of the molecule is [c]1cnc(-c2cnco2)cn1. The summed E-state index contributed by atoms with van der Waals surface area (Å²) in [5.74, 6) is 0.617. The number of nitrogens with zero attached hydrogens (tertiary/aromatic N) is 3. The smallest absolute Gasteiger partial charge is 0.181 e. The fourth-order valence-electron chi connectivity index (χ4n) is 0.733. The first-order chi connectivity index (χ1) is 5.47. The van der Waals surface area contributed by atoms with E-state index in [9.17, 15) is 0 Å².